The minimum Gasteiger partial charge on any atom is -0.406 e. The van der Waals surface area contributed by atoms with Gasteiger partial charge in [0.05, 0.1) is 16.9 Å². The van der Waals surface area contributed by atoms with E-state index in [0.717, 1.165) is 0 Å². The van der Waals surface area contributed by atoms with E-state index in [1.54, 1.807) is 6.07 Å². The fourth-order valence-electron chi connectivity index (χ4n) is 3.08. The largest absolute Gasteiger partial charge is 0.418 e. The van der Waals surface area contributed by atoms with Crippen LogP contribution in [0.3, 0.4) is 0 Å². The van der Waals surface area contributed by atoms with Gasteiger partial charge >= 0.3 is 17.6 Å². The Labute approximate surface area is 168 Å². The van der Waals surface area contributed by atoms with Crippen molar-refractivity contribution in [2.45, 2.75) is 0 Å². The van der Waals surface area contributed by atoms with Gasteiger partial charge in [-0.15, -0.1) is 0 Å². The number of hydrogen-bond donors (Lipinski definition) is 2. The zero-order valence-electron chi connectivity index (χ0n) is 14.9. The molecule has 0 unspecified atom stereocenters. The summed E-state index contributed by atoms with van der Waals surface area (Å²) in [5, 5.41) is 2.50. The van der Waals surface area contributed by atoms with Crippen LogP contribution in [0.2, 0.25) is 5.02 Å². The molecule has 0 saturated carbocycles. The predicted molar refractivity (Wildman–Crippen MR) is 103 cm³/mol. The highest BCUT2D eigenvalue weighted by atomic mass is 35.5. The molecule has 150 valence electrons. The van der Waals surface area contributed by atoms with E-state index in [1.807, 2.05) is 4.90 Å². The Morgan fingerprint density at radius 3 is 2.69 bits per heavy atom. The summed E-state index contributed by atoms with van der Waals surface area (Å²) >= 11 is 5.70. The lowest BCUT2D eigenvalue weighted by Gasteiger charge is -2.35. The van der Waals surface area contributed by atoms with E-state index in [9.17, 15) is 18.8 Å². The first-order valence-corrected chi connectivity index (χ1v) is 9.07. The minimum absolute atomic E-state index is 0.0471. The number of aromatic nitrogens is 2. The average Bonchev–Trinajstić information content (AvgIpc) is 3.09. The van der Waals surface area contributed by atoms with Crippen LogP contribution in [0.15, 0.2) is 39.7 Å². The Kier molecular flexibility index (Phi) is 4.93. The highest BCUT2D eigenvalue weighted by Gasteiger charge is 2.26. The summed E-state index contributed by atoms with van der Waals surface area (Å²) < 4.78 is 18.5. The Balaban J connectivity index is 1.37. The topological polar surface area (TPSA) is 112 Å². The molecule has 1 aliphatic heterocycles. The van der Waals surface area contributed by atoms with Crippen LogP contribution in [0, 0.1) is 5.82 Å². The van der Waals surface area contributed by atoms with Crippen LogP contribution in [-0.2, 0) is 9.59 Å². The first-order chi connectivity index (χ1) is 13.9. The van der Waals surface area contributed by atoms with Crippen LogP contribution in [0.4, 0.5) is 15.8 Å². The molecule has 1 fully saturated rings. The van der Waals surface area contributed by atoms with E-state index in [1.165, 1.54) is 29.3 Å². The van der Waals surface area contributed by atoms with Crippen LogP contribution in [0.25, 0.3) is 11.2 Å². The van der Waals surface area contributed by atoms with E-state index < -0.39 is 23.4 Å². The highest BCUT2D eigenvalue weighted by Crippen LogP contribution is 2.23. The van der Waals surface area contributed by atoms with Crippen molar-refractivity contribution in [3.05, 3.63) is 51.9 Å². The number of rotatable bonds is 2. The number of carbonyl (C=O) groups is 2. The molecule has 9 nitrogen and oxygen atoms in total. The van der Waals surface area contributed by atoms with E-state index in [4.69, 9.17) is 16.0 Å². The molecule has 0 atom stereocenters. The summed E-state index contributed by atoms with van der Waals surface area (Å²) in [4.78, 5) is 45.5. The normalized spacial score (nSPS) is 14.3. The molecule has 0 spiro atoms. The zero-order valence-corrected chi connectivity index (χ0v) is 15.7. The van der Waals surface area contributed by atoms with E-state index in [0.29, 0.717) is 31.9 Å². The van der Waals surface area contributed by atoms with Gasteiger partial charge in [0.25, 0.3) is 0 Å². The maximum Gasteiger partial charge on any atom is 0.418 e. The van der Waals surface area contributed by atoms with Gasteiger partial charge in [-0.1, -0.05) is 11.6 Å². The molecule has 1 aromatic carbocycles. The summed E-state index contributed by atoms with van der Waals surface area (Å²) in [6, 6.07) is 5.93. The van der Waals surface area contributed by atoms with Crippen LogP contribution in [0.5, 0.6) is 0 Å². The van der Waals surface area contributed by atoms with Crippen LogP contribution in [-0.4, -0.2) is 52.9 Å². The van der Waals surface area contributed by atoms with Gasteiger partial charge in [0.15, 0.2) is 11.2 Å². The molecule has 11 heteroatoms. The molecule has 3 aromatic rings. The molecule has 1 aliphatic rings. The third-order valence-corrected chi connectivity index (χ3v) is 4.87. The van der Waals surface area contributed by atoms with Gasteiger partial charge in [-0.05, 0) is 18.2 Å². The lowest BCUT2D eigenvalue weighted by Crippen LogP contribution is -2.51. The van der Waals surface area contributed by atoms with Crippen molar-refractivity contribution in [2.24, 2.45) is 0 Å². The highest BCUT2D eigenvalue weighted by molar-refractivity contribution is 6.39. The average molecular weight is 420 g/mol. The number of H-pyrrole nitrogens is 1. The summed E-state index contributed by atoms with van der Waals surface area (Å²) in [6.45, 7) is 1.51. The fourth-order valence-corrected chi connectivity index (χ4v) is 3.20. The Hall–Kier alpha value is -3.40. The van der Waals surface area contributed by atoms with Crippen molar-refractivity contribution in [2.75, 3.05) is 36.4 Å². The van der Waals surface area contributed by atoms with Gasteiger partial charge < -0.3 is 19.5 Å². The van der Waals surface area contributed by atoms with Crippen LogP contribution in [0.1, 0.15) is 0 Å². The number of hydrogen-bond acceptors (Lipinski definition) is 6. The molecule has 2 amide bonds. The number of carbonyl (C=O) groups excluding carboxylic acids is 2. The van der Waals surface area contributed by atoms with Crippen molar-refractivity contribution in [3.8, 4) is 0 Å². The number of benzene rings is 1. The molecular formula is C18H15ClFN5O4. The first-order valence-electron chi connectivity index (χ1n) is 8.70. The third kappa shape index (κ3) is 3.92. The van der Waals surface area contributed by atoms with Crippen molar-refractivity contribution in [3.63, 3.8) is 0 Å². The van der Waals surface area contributed by atoms with E-state index in [2.05, 4.69) is 15.3 Å². The second-order valence-corrected chi connectivity index (χ2v) is 6.82. The summed E-state index contributed by atoms with van der Waals surface area (Å²) in [6.07, 6.45) is 1.31. The van der Waals surface area contributed by atoms with Crippen molar-refractivity contribution in [1.29, 1.82) is 0 Å². The smallest absolute Gasteiger partial charge is 0.406 e. The zero-order chi connectivity index (χ0) is 20.5. The molecule has 3 heterocycles. The molecule has 2 aromatic heterocycles. The molecule has 2 N–H and O–H groups in total. The Morgan fingerprint density at radius 1 is 1.21 bits per heavy atom. The van der Waals surface area contributed by atoms with Gasteiger partial charge in [-0.3, -0.25) is 14.6 Å². The van der Waals surface area contributed by atoms with Crippen LogP contribution >= 0.6 is 11.6 Å². The van der Waals surface area contributed by atoms with Gasteiger partial charge in [0.2, 0.25) is 0 Å². The van der Waals surface area contributed by atoms with Crippen molar-refractivity contribution < 1.29 is 18.4 Å². The van der Waals surface area contributed by atoms with Crippen molar-refractivity contribution >= 4 is 46.0 Å². The van der Waals surface area contributed by atoms with E-state index >= 15 is 0 Å². The molecule has 1 saturated heterocycles. The second-order valence-electron chi connectivity index (χ2n) is 6.42. The summed E-state index contributed by atoms with van der Waals surface area (Å²) in [5.41, 5.74) is 1.31. The van der Waals surface area contributed by atoms with Gasteiger partial charge in [-0.25, -0.2) is 14.2 Å². The summed E-state index contributed by atoms with van der Waals surface area (Å²) in [7, 11) is 0. The number of amides is 2. The maximum absolute atomic E-state index is 13.6. The third-order valence-electron chi connectivity index (χ3n) is 4.56. The predicted octanol–water partition coefficient (Wildman–Crippen LogP) is 1.60. The monoisotopic (exact) mass is 419 g/mol. The number of anilines is 2. The lowest BCUT2D eigenvalue weighted by molar-refractivity contribution is -0.143. The SMILES string of the molecule is O=C(Nc1cnc2[nH]c(=O)oc2c1)C(=O)N1CCN(c2ccc(Cl)c(F)c2)CC1. The number of oxazole rings is 1. The molecule has 4 rings (SSSR count). The van der Waals surface area contributed by atoms with Gasteiger partial charge in [0.1, 0.15) is 5.82 Å². The quantitative estimate of drug-likeness (QED) is 0.610. The Morgan fingerprint density at radius 2 is 1.97 bits per heavy atom. The number of aromatic amines is 1. The Bertz CT molecular complexity index is 1150. The number of piperazine rings is 1. The fraction of sp³-hybridized carbons (Fsp3) is 0.222. The van der Waals surface area contributed by atoms with Gasteiger partial charge in [-0.2, -0.15) is 0 Å². The second kappa shape index (κ2) is 7.55. The number of nitrogens with zero attached hydrogens (tertiary/aromatic N) is 3. The lowest BCUT2D eigenvalue weighted by atomic mass is 10.2. The molecule has 0 radical (unpaired) electrons. The number of pyridine rings is 1. The maximum atomic E-state index is 13.6. The number of halogens is 2. The van der Waals surface area contributed by atoms with Crippen molar-refractivity contribution in [1.82, 2.24) is 14.9 Å². The number of fused-ring (bicyclic) bond motifs is 1. The number of nitrogens with one attached hydrogen (secondary N) is 2. The molecule has 29 heavy (non-hydrogen) atoms. The molecule has 0 bridgehead atoms. The minimum atomic E-state index is -0.824. The van der Waals surface area contributed by atoms with Crippen LogP contribution < -0.4 is 16.0 Å². The molecule has 0 aliphatic carbocycles. The first kappa shape index (κ1) is 18.9. The molecular weight excluding hydrogens is 405 g/mol. The van der Waals surface area contributed by atoms with Gasteiger partial charge in [0, 0.05) is 37.9 Å². The summed E-state index contributed by atoms with van der Waals surface area (Å²) in [5.74, 6) is -2.69. The van der Waals surface area contributed by atoms with E-state index in [-0.39, 0.29) is 21.9 Å². The standard InChI is InChI=1S/C18H15ClFN5O4/c19-12-2-1-11(8-13(12)20)24-3-5-25(6-4-24)17(27)16(26)22-10-7-14-15(21-9-10)23-18(28)29-14/h1-2,7-9H,3-6H2,(H,22,26)(H,21,23,28).